The number of hydrogen-bond acceptors (Lipinski definition) is 2. The Labute approximate surface area is 70.5 Å². The van der Waals surface area contributed by atoms with Gasteiger partial charge in [0.2, 0.25) is 0 Å². The zero-order valence-electron chi connectivity index (χ0n) is 8.17. The molecule has 0 N–H and O–H groups in total. The largest absolute Gasteiger partial charge is 0.306 e. The molecule has 0 bridgehead atoms. The van der Waals surface area contributed by atoms with Crippen LogP contribution in [0.1, 0.15) is 6.92 Å². The summed E-state index contributed by atoms with van der Waals surface area (Å²) in [6, 6.07) is 0. The molecular weight excluding hydrogens is 136 g/mol. The van der Waals surface area contributed by atoms with Gasteiger partial charge in [0.25, 0.3) is 0 Å². The Hall–Kier alpha value is -0.340. The summed E-state index contributed by atoms with van der Waals surface area (Å²) in [5, 5.41) is 0. The highest BCUT2D eigenvalue weighted by molar-refractivity contribution is 4.85. The molecule has 0 aliphatic heterocycles. The predicted molar refractivity (Wildman–Crippen MR) is 50.9 cm³/mol. The molecule has 0 aromatic heterocycles. The maximum absolute atomic E-state index is 2.27. The van der Waals surface area contributed by atoms with E-state index in [1.807, 2.05) is 0 Å². The molecule has 0 amide bonds. The van der Waals surface area contributed by atoms with Gasteiger partial charge < -0.3 is 9.80 Å². The molecule has 0 aromatic rings. The van der Waals surface area contributed by atoms with Crippen molar-refractivity contribution >= 4 is 0 Å². The van der Waals surface area contributed by atoms with Crippen molar-refractivity contribution in [2.45, 2.75) is 6.92 Å². The fourth-order valence-corrected chi connectivity index (χ4v) is 0.669. The average Bonchev–Trinajstić information content (AvgIpc) is 1.97. The van der Waals surface area contributed by atoms with Crippen molar-refractivity contribution in [3.63, 3.8) is 0 Å². The monoisotopic (exact) mass is 156 g/mol. The molecule has 0 unspecified atom stereocenters. The first-order chi connectivity index (χ1) is 5.16. The fourth-order valence-electron chi connectivity index (χ4n) is 0.669. The Bertz CT molecular complexity index is 108. The molecular formula is C9H20N2. The number of rotatable bonds is 5. The first kappa shape index (κ1) is 10.7. The van der Waals surface area contributed by atoms with Gasteiger partial charge in [0.1, 0.15) is 0 Å². The van der Waals surface area contributed by atoms with E-state index in [1.54, 1.807) is 0 Å². The summed E-state index contributed by atoms with van der Waals surface area (Å²) in [6.45, 7) is 5.38. The lowest BCUT2D eigenvalue weighted by molar-refractivity contribution is 0.390. The van der Waals surface area contributed by atoms with E-state index in [9.17, 15) is 0 Å². The molecule has 0 rings (SSSR count). The molecule has 0 aromatic carbocycles. The Morgan fingerprint density at radius 3 is 2.00 bits per heavy atom. The highest BCUT2D eigenvalue weighted by atomic mass is 15.1. The van der Waals surface area contributed by atoms with E-state index < -0.39 is 0 Å². The molecule has 0 radical (unpaired) electrons. The van der Waals surface area contributed by atoms with Crippen LogP contribution < -0.4 is 0 Å². The summed E-state index contributed by atoms with van der Waals surface area (Å²) in [4.78, 5) is 4.43. The van der Waals surface area contributed by atoms with E-state index >= 15 is 0 Å². The van der Waals surface area contributed by atoms with Gasteiger partial charge >= 0.3 is 0 Å². The van der Waals surface area contributed by atoms with Gasteiger partial charge in [0.15, 0.2) is 0 Å². The van der Waals surface area contributed by atoms with Gasteiger partial charge in [0, 0.05) is 13.1 Å². The van der Waals surface area contributed by atoms with Gasteiger partial charge in [-0.05, 0) is 27.7 Å². The van der Waals surface area contributed by atoms with Crippen LogP contribution in [0.3, 0.4) is 0 Å². The van der Waals surface area contributed by atoms with Crippen LogP contribution in [0.15, 0.2) is 12.2 Å². The predicted octanol–water partition coefficient (Wildman–Crippen LogP) is 1.06. The quantitative estimate of drug-likeness (QED) is 0.549. The Morgan fingerprint density at radius 2 is 1.55 bits per heavy atom. The van der Waals surface area contributed by atoms with Gasteiger partial charge in [-0.15, -0.1) is 0 Å². The zero-order chi connectivity index (χ0) is 8.69. The lowest BCUT2D eigenvalue weighted by Crippen LogP contribution is -2.17. The minimum absolute atomic E-state index is 1.04. The van der Waals surface area contributed by atoms with Crippen LogP contribution in [0.2, 0.25) is 0 Å². The van der Waals surface area contributed by atoms with Gasteiger partial charge in [-0.25, -0.2) is 0 Å². The molecule has 0 aliphatic carbocycles. The third kappa shape index (κ3) is 7.56. The third-order valence-electron chi connectivity index (χ3n) is 1.59. The molecule has 11 heavy (non-hydrogen) atoms. The number of likely N-dealkylation sites (N-methyl/N-ethyl adjacent to an activating group) is 2. The highest BCUT2D eigenvalue weighted by Crippen LogP contribution is 1.83. The van der Waals surface area contributed by atoms with Crippen molar-refractivity contribution in [1.82, 2.24) is 9.80 Å². The van der Waals surface area contributed by atoms with Crippen molar-refractivity contribution in [2.24, 2.45) is 0 Å². The first-order valence-corrected chi connectivity index (χ1v) is 4.15. The van der Waals surface area contributed by atoms with Crippen LogP contribution in [0.25, 0.3) is 0 Å². The second-order valence-electron chi connectivity index (χ2n) is 3.09. The lowest BCUT2D eigenvalue weighted by Gasteiger charge is -2.10. The normalized spacial score (nSPS) is 12.2. The zero-order valence-corrected chi connectivity index (χ0v) is 8.17. The molecule has 2 nitrogen and oxygen atoms in total. The van der Waals surface area contributed by atoms with E-state index in [-0.39, 0.29) is 0 Å². The molecule has 0 aliphatic rings. The van der Waals surface area contributed by atoms with Crippen LogP contribution >= 0.6 is 0 Å². The summed E-state index contributed by atoms with van der Waals surface area (Å²) in [7, 11) is 6.28. The van der Waals surface area contributed by atoms with E-state index in [0.29, 0.717) is 0 Å². The SMILES string of the molecule is CCN(C)CC=CCN(C)C. The second kappa shape index (κ2) is 6.38. The Balaban J connectivity index is 3.29. The number of hydrogen-bond donors (Lipinski definition) is 0. The van der Waals surface area contributed by atoms with E-state index in [2.05, 4.69) is 50.0 Å². The van der Waals surface area contributed by atoms with Crippen LogP contribution in [0.4, 0.5) is 0 Å². The molecule has 0 saturated carbocycles. The molecule has 0 saturated heterocycles. The Morgan fingerprint density at radius 1 is 1.00 bits per heavy atom. The second-order valence-corrected chi connectivity index (χ2v) is 3.09. The maximum atomic E-state index is 2.27. The molecule has 0 heterocycles. The fraction of sp³-hybridized carbons (Fsp3) is 0.778. The van der Waals surface area contributed by atoms with Crippen LogP contribution in [0.5, 0.6) is 0 Å². The molecule has 0 fully saturated rings. The van der Waals surface area contributed by atoms with Crippen molar-refractivity contribution in [3.8, 4) is 0 Å². The summed E-state index contributed by atoms with van der Waals surface area (Å²) in [5.74, 6) is 0. The minimum Gasteiger partial charge on any atom is -0.306 e. The molecule has 0 atom stereocenters. The number of nitrogens with zero attached hydrogens (tertiary/aromatic N) is 2. The van der Waals surface area contributed by atoms with Crippen molar-refractivity contribution in [1.29, 1.82) is 0 Å². The topological polar surface area (TPSA) is 6.48 Å². The van der Waals surface area contributed by atoms with Gasteiger partial charge in [-0.1, -0.05) is 19.1 Å². The smallest absolute Gasteiger partial charge is 0.0160 e. The molecule has 0 spiro atoms. The molecule has 2 heteroatoms. The van der Waals surface area contributed by atoms with Crippen molar-refractivity contribution < 1.29 is 0 Å². The van der Waals surface area contributed by atoms with Crippen LogP contribution in [-0.2, 0) is 0 Å². The summed E-state index contributed by atoms with van der Waals surface area (Å²) in [5.41, 5.74) is 0. The van der Waals surface area contributed by atoms with E-state index in [0.717, 1.165) is 19.6 Å². The first-order valence-electron chi connectivity index (χ1n) is 4.15. The third-order valence-corrected chi connectivity index (χ3v) is 1.59. The summed E-state index contributed by atoms with van der Waals surface area (Å²) < 4.78 is 0. The van der Waals surface area contributed by atoms with Crippen LogP contribution in [0, 0.1) is 0 Å². The Kier molecular flexibility index (Phi) is 6.18. The summed E-state index contributed by atoms with van der Waals surface area (Å²) in [6.07, 6.45) is 4.41. The highest BCUT2D eigenvalue weighted by Gasteiger charge is 1.87. The lowest BCUT2D eigenvalue weighted by atomic mass is 10.4. The summed E-state index contributed by atoms with van der Waals surface area (Å²) >= 11 is 0. The molecule has 66 valence electrons. The van der Waals surface area contributed by atoms with Crippen LogP contribution in [-0.4, -0.2) is 50.6 Å². The maximum Gasteiger partial charge on any atom is 0.0160 e. The van der Waals surface area contributed by atoms with E-state index in [1.165, 1.54) is 0 Å². The standard InChI is InChI=1S/C9H20N2/c1-5-11(4)9-7-6-8-10(2)3/h6-7H,5,8-9H2,1-4H3. The van der Waals surface area contributed by atoms with Gasteiger partial charge in [-0.2, -0.15) is 0 Å². The van der Waals surface area contributed by atoms with Gasteiger partial charge in [-0.3, -0.25) is 0 Å². The van der Waals surface area contributed by atoms with Crippen molar-refractivity contribution in [2.75, 3.05) is 40.8 Å². The van der Waals surface area contributed by atoms with E-state index in [4.69, 9.17) is 0 Å². The van der Waals surface area contributed by atoms with Gasteiger partial charge in [0.05, 0.1) is 0 Å². The van der Waals surface area contributed by atoms with Crippen molar-refractivity contribution in [3.05, 3.63) is 12.2 Å². The average molecular weight is 156 g/mol. The minimum atomic E-state index is 1.04.